The maximum atomic E-state index is 12.4. The van der Waals surface area contributed by atoms with Gasteiger partial charge in [0.1, 0.15) is 0 Å². The number of hydrogen-bond donors (Lipinski definition) is 2. The SMILES string of the molecule is CC(=O)c1ccc(NC(=O)/C=C(\C)C(=O)N2CCC(C(N)=O)CC2)cc1. The fourth-order valence-electron chi connectivity index (χ4n) is 2.84. The summed E-state index contributed by atoms with van der Waals surface area (Å²) >= 11 is 0. The first-order chi connectivity index (χ1) is 12.3. The number of nitrogens with two attached hydrogens (primary N) is 1. The zero-order valence-corrected chi connectivity index (χ0v) is 15.0. The van der Waals surface area contributed by atoms with E-state index in [1.807, 2.05) is 0 Å². The monoisotopic (exact) mass is 357 g/mol. The zero-order chi connectivity index (χ0) is 19.3. The number of carbonyl (C=O) groups excluding carboxylic acids is 4. The van der Waals surface area contributed by atoms with Crippen molar-refractivity contribution < 1.29 is 19.2 Å². The van der Waals surface area contributed by atoms with E-state index in [4.69, 9.17) is 5.73 Å². The summed E-state index contributed by atoms with van der Waals surface area (Å²) in [5.41, 5.74) is 6.71. The van der Waals surface area contributed by atoms with Gasteiger partial charge in [-0.2, -0.15) is 0 Å². The molecule has 1 aliphatic rings. The summed E-state index contributed by atoms with van der Waals surface area (Å²) in [6.07, 6.45) is 2.34. The van der Waals surface area contributed by atoms with E-state index in [2.05, 4.69) is 5.32 Å². The quantitative estimate of drug-likeness (QED) is 0.614. The van der Waals surface area contributed by atoms with Gasteiger partial charge < -0.3 is 16.0 Å². The summed E-state index contributed by atoms with van der Waals surface area (Å²) < 4.78 is 0. The van der Waals surface area contributed by atoms with Gasteiger partial charge in [-0.15, -0.1) is 0 Å². The number of amides is 3. The van der Waals surface area contributed by atoms with Gasteiger partial charge in [0, 0.05) is 41.9 Å². The van der Waals surface area contributed by atoms with Crippen molar-refractivity contribution >= 4 is 29.2 Å². The molecular formula is C19H23N3O4. The molecule has 7 nitrogen and oxygen atoms in total. The lowest BCUT2D eigenvalue weighted by molar-refractivity contribution is -0.131. The van der Waals surface area contributed by atoms with Crippen molar-refractivity contribution in [3.8, 4) is 0 Å². The summed E-state index contributed by atoms with van der Waals surface area (Å²) in [4.78, 5) is 48.5. The first kappa shape index (κ1) is 19.4. The Hall–Kier alpha value is -2.96. The molecule has 138 valence electrons. The van der Waals surface area contributed by atoms with Crippen LogP contribution < -0.4 is 11.1 Å². The van der Waals surface area contributed by atoms with Crippen LogP contribution in [0, 0.1) is 5.92 Å². The van der Waals surface area contributed by atoms with Crippen LogP contribution in [0.15, 0.2) is 35.9 Å². The molecule has 7 heteroatoms. The minimum atomic E-state index is -0.418. The second kappa shape index (κ2) is 8.42. The second-order valence-corrected chi connectivity index (χ2v) is 6.42. The second-order valence-electron chi connectivity index (χ2n) is 6.42. The van der Waals surface area contributed by atoms with Crippen molar-refractivity contribution in [3.63, 3.8) is 0 Å². The highest BCUT2D eigenvalue weighted by molar-refractivity contribution is 6.06. The van der Waals surface area contributed by atoms with Crippen molar-refractivity contribution in [1.29, 1.82) is 0 Å². The van der Waals surface area contributed by atoms with Crippen molar-refractivity contribution in [3.05, 3.63) is 41.5 Å². The lowest BCUT2D eigenvalue weighted by atomic mass is 9.96. The van der Waals surface area contributed by atoms with Crippen molar-refractivity contribution in [1.82, 2.24) is 4.90 Å². The van der Waals surface area contributed by atoms with Crippen molar-refractivity contribution in [2.45, 2.75) is 26.7 Å². The van der Waals surface area contributed by atoms with Crippen LogP contribution in [0.2, 0.25) is 0 Å². The van der Waals surface area contributed by atoms with Gasteiger partial charge in [0.2, 0.25) is 17.7 Å². The van der Waals surface area contributed by atoms with Crippen LogP contribution >= 0.6 is 0 Å². The molecular weight excluding hydrogens is 334 g/mol. The molecule has 1 aromatic rings. The maximum absolute atomic E-state index is 12.4. The Balaban J connectivity index is 1.93. The maximum Gasteiger partial charge on any atom is 0.249 e. The van der Waals surface area contributed by atoms with Gasteiger partial charge in [0.05, 0.1) is 0 Å². The van der Waals surface area contributed by atoms with Gasteiger partial charge >= 0.3 is 0 Å². The summed E-state index contributed by atoms with van der Waals surface area (Å²) in [6, 6.07) is 6.52. The highest BCUT2D eigenvalue weighted by Crippen LogP contribution is 2.18. The molecule has 0 radical (unpaired) electrons. The number of ketones is 1. The number of nitrogens with zero attached hydrogens (tertiary/aromatic N) is 1. The van der Waals surface area contributed by atoms with E-state index in [1.54, 1.807) is 36.1 Å². The van der Waals surface area contributed by atoms with Crippen LogP contribution in [0.3, 0.4) is 0 Å². The first-order valence-corrected chi connectivity index (χ1v) is 8.47. The lowest BCUT2D eigenvalue weighted by Crippen LogP contribution is -2.42. The minimum Gasteiger partial charge on any atom is -0.369 e. The molecule has 1 fully saturated rings. The number of rotatable bonds is 5. The van der Waals surface area contributed by atoms with E-state index in [9.17, 15) is 19.2 Å². The third-order valence-corrected chi connectivity index (χ3v) is 4.43. The van der Waals surface area contributed by atoms with Crippen LogP contribution in [-0.4, -0.2) is 41.5 Å². The molecule has 1 aliphatic heterocycles. The van der Waals surface area contributed by atoms with Crippen molar-refractivity contribution in [2.75, 3.05) is 18.4 Å². The Kier molecular flexibility index (Phi) is 6.27. The van der Waals surface area contributed by atoms with E-state index < -0.39 is 5.91 Å². The molecule has 0 atom stereocenters. The summed E-state index contributed by atoms with van der Waals surface area (Å²) in [5, 5.41) is 2.66. The fraction of sp³-hybridized carbons (Fsp3) is 0.368. The molecule has 26 heavy (non-hydrogen) atoms. The highest BCUT2D eigenvalue weighted by Gasteiger charge is 2.26. The van der Waals surface area contributed by atoms with Gasteiger partial charge in [-0.1, -0.05) is 0 Å². The van der Waals surface area contributed by atoms with E-state index in [1.165, 1.54) is 13.0 Å². The summed E-state index contributed by atoms with van der Waals surface area (Å²) in [5.74, 6) is -1.22. The Bertz CT molecular complexity index is 745. The van der Waals surface area contributed by atoms with Crippen molar-refractivity contribution in [2.24, 2.45) is 11.7 Å². The Morgan fingerprint density at radius 1 is 1.08 bits per heavy atom. The topological polar surface area (TPSA) is 110 Å². The van der Waals surface area contributed by atoms with Crippen LogP contribution in [0.25, 0.3) is 0 Å². The van der Waals surface area contributed by atoms with Gasteiger partial charge in [-0.3, -0.25) is 19.2 Å². The molecule has 2 rings (SSSR count). The van der Waals surface area contributed by atoms with E-state index in [0.717, 1.165) is 0 Å². The molecule has 0 saturated carbocycles. The number of nitrogens with one attached hydrogen (secondary N) is 1. The molecule has 1 aromatic carbocycles. The molecule has 1 saturated heterocycles. The molecule has 3 N–H and O–H groups in total. The highest BCUT2D eigenvalue weighted by atomic mass is 16.2. The Morgan fingerprint density at radius 2 is 1.65 bits per heavy atom. The van der Waals surface area contributed by atoms with Gasteiger partial charge in [-0.25, -0.2) is 0 Å². The first-order valence-electron chi connectivity index (χ1n) is 8.47. The van der Waals surface area contributed by atoms with E-state index in [-0.39, 0.29) is 23.5 Å². The number of benzene rings is 1. The number of piperidine rings is 1. The lowest BCUT2D eigenvalue weighted by Gasteiger charge is -2.30. The fourth-order valence-corrected chi connectivity index (χ4v) is 2.84. The number of hydrogen-bond acceptors (Lipinski definition) is 4. The third-order valence-electron chi connectivity index (χ3n) is 4.43. The number of likely N-dealkylation sites (tertiary alicyclic amines) is 1. The Labute approximate surface area is 152 Å². The average molecular weight is 357 g/mol. The van der Waals surface area contributed by atoms with Gasteiger partial charge in [0.25, 0.3) is 0 Å². The number of anilines is 1. The van der Waals surface area contributed by atoms with Gasteiger partial charge in [-0.05, 0) is 51.0 Å². The van der Waals surface area contributed by atoms with E-state index in [0.29, 0.717) is 42.8 Å². The number of carbonyl (C=O) groups is 4. The zero-order valence-electron chi connectivity index (χ0n) is 15.0. The average Bonchev–Trinajstić information content (AvgIpc) is 2.61. The standard InChI is InChI=1S/C19H23N3O4/c1-12(19(26)22-9-7-15(8-10-22)18(20)25)11-17(24)21-16-5-3-14(4-6-16)13(2)23/h3-6,11,15H,7-10H2,1-2H3,(H2,20,25)(H,21,24)/b12-11+. The molecule has 0 aromatic heterocycles. The van der Waals surface area contributed by atoms with Crippen LogP contribution in [-0.2, 0) is 14.4 Å². The van der Waals surface area contributed by atoms with Crippen LogP contribution in [0.4, 0.5) is 5.69 Å². The predicted molar refractivity (Wildman–Crippen MR) is 97.3 cm³/mol. The molecule has 0 aliphatic carbocycles. The summed E-state index contributed by atoms with van der Waals surface area (Å²) in [6.45, 7) is 3.95. The predicted octanol–water partition coefficient (Wildman–Crippen LogP) is 1.50. The molecule has 0 unspecified atom stereocenters. The number of Topliss-reactive ketones (excluding diaryl/α,β-unsaturated/α-hetero) is 1. The third kappa shape index (κ3) is 5.02. The smallest absolute Gasteiger partial charge is 0.249 e. The molecule has 0 bridgehead atoms. The normalized spacial score (nSPS) is 15.5. The van der Waals surface area contributed by atoms with E-state index >= 15 is 0 Å². The summed E-state index contributed by atoms with van der Waals surface area (Å²) in [7, 11) is 0. The molecule has 1 heterocycles. The molecule has 0 spiro atoms. The number of primary amides is 1. The van der Waals surface area contributed by atoms with Crippen LogP contribution in [0.1, 0.15) is 37.0 Å². The minimum absolute atomic E-state index is 0.0516. The largest absolute Gasteiger partial charge is 0.369 e. The molecule has 3 amide bonds. The van der Waals surface area contributed by atoms with Crippen LogP contribution in [0.5, 0.6) is 0 Å². The van der Waals surface area contributed by atoms with Gasteiger partial charge in [0.15, 0.2) is 5.78 Å². The Morgan fingerprint density at radius 3 is 2.15 bits per heavy atom.